The molecule has 1 aromatic rings. The van der Waals surface area contributed by atoms with E-state index in [4.69, 9.17) is 4.74 Å². The lowest BCUT2D eigenvalue weighted by Crippen LogP contribution is -2.12. The van der Waals surface area contributed by atoms with Gasteiger partial charge in [-0.05, 0) is 48.8 Å². The maximum absolute atomic E-state index is 5.48. The van der Waals surface area contributed by atoms with Crippen molar-refractivity contribution in [3.05, 3.63) is 28.8 Å². The van der Waals surface area contributed by atoms with Gasteiger partial charge in [-0.1, -0.05) is 19.1 Å². The molecule has 0 fully saturated rings. The van der Waals surface area contributed by atoms with E-state index >= 15 is 0 Å². The zero-order valence-corrected chi connectivity index (χ0v) is 9.26. The van der Waals surface area contributed by atoms with Gasteiger partial charge in [-0.3, -0.25) is 0 Å². The van der Waals surface area contributed by atoms with Crippen molar-refractivity contribution in [2.75, 3.05) is 7.11 Å². The Morgan fingerprint density at radius 3 is 2.86 bits per heavy atom. The van der Waals surface area contributed by atoms with Crippen LogP contribution in [0.2, 0.25) is 0 Å². The topological polar surface area (TPSA) is 9.23 Å². The Morgan fingerprint density at radius 2 is 2.14 bits per heavy atom. The van der Waals surface area contributed by atoms with E-state index < -0.39 is 0 Å². The molecule has 0 radical (unpaired) electrons. The average molecular weight is 190 g/mol. The summed E-state index contributed by atoms with van der Waals surface area (Å²) >= 11 is 0. The Morgan fingerprint density at radius 1 is 1.36 bits per heavy atom. The van der Waals surface area contributed by atoms with Gasteiger partial charge in [0.15, 0.2) is 0 Å². The Bertz CT molecular complexity index is 341. The number of fused-ring (bicyclic) bond motifs is 1. The fourth-order valence-electron chi connectivity index (χ4n) is 2.40. The quantitative estimate of drug-likeness (QED) is 0.661. The third kappa shape index (κ3) is 1.52. The second-order valence-electron chi connectivity index (χ2n) is 4.40. The van der Waals surface area contributed by atoms with Crippen LogP contribution in [-0.4, -0.2) is 7.11 Å². The molecule has 0 heterocycles. The highest BCUT2D eigenvalue weighted by molar-refractivity contribution is 5.47. The maximum Gasteiger partial charge on any atom is 0.125 e. The van der Waals surface area contributed by atoms with E-state index in [1.807, 2.05) is 0 Å². The van der Waals surface area contributed by atoms with Crippen molar-refractivity contribution in [3.63, 3.8) is 0 Å². The normalized spacial score (nSPS) is 20.4. The molecule has 76 valence electrons. The molecule has 0 amide bonds. The van der Waals surface area contributed by atoms with Gasteiger partial charge < -0.3 is 4.74 Å². The zero-order chi connectivity index (χ0) is 10.1. The second-order valence-corrected chi connectivity index (χ2v) is 4.40. The standard InChI is InChI=1S/C13H18O/c1-9-4-7-12-11(8-9)6-5-10(2)13(12)14-3/h5-6,9H,4,7-8H2,1-3H3. The number of benzene rings is 1. The molecule has 1 unspecified atom stereocenters. The molecule has 0 saturated heterocycles. The number of hydrogen-bond acceptors (Lipinski definition) is 1. The molecule has 0 aliphatic heterocycles. The first-order chi connectivity index (χ1) is 6.72. The average Bonchev–Trinajstić information content (AvgIpc) is 2.18. The smallest absolute Gasteiger partial charge is 0.125 e. The molecule has 1 aliphatic rings. The zero-order valence-electron chi connectivity index (χ0n) is 9.26. The van der Waals surface area contributed by atoms with Crippen LogP contribution in [0.25, 0.3) is 0 Å². The van der Waals surface area contributed by atoms with Crippen molar-refractivity contribution in [3.8, 4) is 5.75 Å². The number of methoxy groups -OCH3 is 1. The Kier molecular flexibility index (Phi) is 2.49. The third-order valence-corrected chi connectivity index (χ3v) is 3.21. The summed E-state index contributed by atoms with van der Waals surface area (Å²) in [5, 5.41) is 0. The van der Waals surface area contributed by atoms with Crippen molar-refractivity contribution in [1.82, 2.24) is 0 Å². The molecule has 0 N–H and O–H groups in total. The minimum atomic E-state index is 0.829. The maximum atomic E-state index is 5.48. The Hall–Kier alpha value is -0.980. The molecule has 2 rings (SSSR count). The van der Waals surface area contributed by atoms with Gasteiger partial charge in [0, 0.05) is 0 Å². The van der Waals surface area contributed by atoms with Crippen LogP contribution in [0, 0.1) is 12.8 Å². The van der Waals surface area contributed by atoms with E-state index in [2.05, 4.69) is 26.0 Å². The third-order valence-electron chi connectivity index (χ3n) is 3.21. The van der Waals surface area contributed by atoms with Gasteiger partial charge in [0.2, 0.25) is 0 Å². The summed E-state index contributed by atoms with van der Waals surface area (Å²) in [7, 11) is 1.78. The van der Waals surface area contributed by atoms with Crippen LogP contribution in [0.5, 0.6) is 5.75 Å². The molecule has 0 aromatic heterocycles. The van der Waals surface area contributed by atoms with Gasteiger partial charge >= 0.3 is 0 Å². The van der Waals surface area contributed by atoms with Crippen LogP contribution in [0.4, 0.5) is 0 Å². The number of rotatable bonds is 1. The molecule has 1 aromatic carbocycles. The summed E-state index contributed by atoms with van der Waals surface area (Å²) < 4.78 is 5.48. The van der Waals surface area contributed by atoms with E-state index in [9.17, 15) is 0 Å². The molecule has 1 nitrogen and oxygen atoms in total. The molecule has 1 aliphatic carbocycles. The van der Waals surface area contributed by atoms with Crippen LogP contribution in [0.3, 0.4) is 0 Å². The van der Waals surface area contributed by atoms with Gasteiger partial charge in [0.05, 0.1) is 7.11 Å². The second kappa shape index (κ2) is 3.64. The summed E-state index contributed by atoms with van der Waals surface area (Å²) in [6.45, 7) is 4.45. The molecular formula is C13H18O. The summed E-state index contributed by atoms with van der Waals surface area (Å²) in [4.78, 5) is 0. The minimum Gasteiger partial charge on any atom is -0.496 e. The van der Waals surface area contributed by atoms with Crippen LogP contribution in [-0.2, 0) is 12.8 Å². The summed E-state index contributed by atoms with van der Waals surface area (Å²) in [6, 6.07) is 4.44. The van der Waals surface area contributed by atoms with E-state index in [-0.39, 0.29) is 0 Å². The first kappa shape index (κ1) is 9.57. The van der Waals surface area contributed by atoms with E-state index in [0.717, 1.165) is 11.7 Å². The summed E-state index contributed by atoms with van der Waals surface area (Å²) in [5.41, 5.74) is 4.21. The molecular weight excluding hydrogens is 172 g/mol. The summed E-state index contributed by atoms with van der Waals surface area (Å²) in [5.74, 6) is 1.95. The Labute approximate surface area is 86.1 Å². The minimum absolute atomic E-state index is 0.829. The SMILES string of the molecule is COc1c(C)ccc2c1CCC(C)C2. The largest absolute Gasteiger partial charge is 0.496 e. The van der Waals surface area contributed by atoms with Gasteiger partial charge in [-0.2, -0.15) is 0 Å². The van der Waals surface area contributed by atoms with Gasteiger partial charge in [-0.25, -0.2) is 0 Å². The predicted molar refractivity (Wildman–Crippen MR) is 58.9 cm³/mol. The van der Waals surface area contributed by atoms with Crippen molar-refractivity contribution in [2.24, 2.45) is 5.92 Å². The fourth-order valence-corrected chi connectivity index (χ4v) is 2.40. The molecule has 0 saturated carbocycles. The van der Waals surface area contributed by atoms with Crippen molar-refractivity contribution in [1.29, 1.82) is 0 Å². The monoisotopic (exact) mass is 190 g/mol. The van der Waals surface area contributed by atoms with Gasteiger partial charge in [0.25, 0.3) is 0 Å². The predicted octanol–water partition coefficient (Wildman–Crippen LogP) is 3.13. The fraction of sp³-hybridized carbons (Fsp3) is 0.538. The molecule has 0 spiro atoms. The number of ether oxygens (including phenoxy) is 1. The van der Waals surface area contributed by atoms with Crippen LogP contribution >= 0.6 is 0 Å². The first-order valence-corrected chi connectivity index (χ1v) is 5.37. The molecule has 1 heteroatoms. The Balaban J connectivity index is 2.47. The highest BCUT2D eigenvalue weighted by Crippen LogP contribution is 2.34. The lowest BCUT2D eigenvalue weighted by molar-refractivity contribution is 0.396. The summed E-state index contributed by atoms with van der Waals surface area (Å²) in [6.07, 6.45) is 3.69. The lowest BCUT2D eigenvalue weighted by Gasteiger charge is -2.24. The van der Waals surface area contributed by atoms with Gasteiger partial charge in [-0.15, -0.1) is 0 Å². The van der Waals surface area contributed by atoms with Crippen molar-refractivity contribution >= 4 is 0 Å². The molecule has 14 heavy (non-hydrogen) atoms. The first-order valence-electron chi connectivity index (χ1n) is 5.37. The lowest BCUT2D eigenvalue weighted by atomic mass is 9.83. The van der Waals surface area contributed by atoms with Crippen LogP contribution < -0.4 is 4.74 Å². The van der Waals surface area contributed by atoms with Crippen molar-refractivity contribution < 1.29 is 4.74 Å². The van der Waals surface area contributed by atoms with E-state index in [1.165, 1.54) is 36.0 Å². The number of hydrogen-bond donors (Lipinski definition) is 0. The number of aryl methyl sites for hydroxylation is 1. The molecule has 0 bridgehead atoms. The van der Waals surface area contributed by atoms with E-state index in [0.29, 0.717) is 0 Å². The van der Waals surface area contributed by atoms with Gasteiger partial charge in [0.1, 0.15) is 5.75 Å². The highest BCUT2D eigenvalue weighted by Gasteiger charge is 2.19. The van der Waals surface area contributed by atoms with Crippen LogP contribution in [0.15, 0.2) is 12.1 Å². The van der Waals surface area contributed by atoms with Crippen molar-refractivity contribution in [2.45, 2.75) is 33.1 Å². The van der Waals surface area contributed by atoms with E-state index in [1.54, 1.807) is 7.11 Å². The molecule has 1 atom stereocenters. The van der Waals surface area contributed by atoms with Crippen LogP contribution in [0.1, 0.15) is 30.0 Å². The highest BCUT2D eigenvalue weighted by atomic mass is 16.5.